The van der Waals surface area contributed by atoms with Crippen molar-refractivity contribution in [3.63, 3.8) is 0 Å². The minimum atomic E-state index is -3.56. The monoisotopic (exact) mass is 362 g/mol. The Hall–Kier alpha value is -2.38. The summed E-state index contributed by atoms with van der Waals surface area (Å²) >= 11 is 0. The molecule has 134 valence electrons. The third kappa shape index (κ3) is 5.30. The molecule has 0 unspecified atom stereocenters. The summed E-state index contributed by atoms with van der Waals surface area (Å²) in [6.07, 6.45) is 0. The number of amides is 1. The van der Waals surface area contributed by atoms with E-state index in [9.17, 15) is 13.2 Å². The van der Waals surface area contributed by atoms with E-state index in [1.807, 2.05) is 13.8 Å². The van der Waals surface area contributed by atoms with Crippen molar-refractivity contribution in [3.8, 4) is 5.75 Å². The van der Waals surface area contributed by atoms with E-state index in [4.69, 9.17) is 4.74 Å². The van der Waals surface area contributed by atoms with Crippen LogP contribution in [0, 0.1) is 5.92 Å². The van der Waals surface area contributed by atoms with Crippen LogP contribution in [0.3, 0.4) is 0 Å². The minimum Gasteiger partial charge on any atom is -0.497 e. The van der Waals surface area contributed by atoms with Crippen molar-refractivity contribution >= 4 is 21.6 Å². The van der Waals surface area contributed by atoms with E-state index < -0.39 is 10.0 Å². The fourth-order valence-electron chi connectivity index (χ4n) is 2.02. The van der Waals surface area contributed by atoms with Crippen molar-refractivity contribution in [3.05, 3.63) is 54.1 Å². The molecular formula is C18H22N2O4S. The van der Waals surface area contributed by atoms with Gasteiger partial charge in [-0.3, -0.25) is 4.79 Å². The van der Waals surface area contributed by atoms with E-state index in [0.717, 1.165) is 0 Å². The third-order valence-corrected chi connectivity index (χ3v) is 4.90. The summed E-state index contributed by atoms with van der Waals surface area (Å²) in [7, 11) is -1.99. The molecule has 2 rings (SSSR count). The Balaban J connectivity index is 2.06. The Kier molecular flexibility index (Phi) is 6.17. The van der Waals surface area contributed by atoms with E-state index in [1.54, 1.807) is 31.4 Å². The summed E-state index contributed by atoms with van der Waals surface area (Å²) < 4.78 is 31.9. The Labute approximate surface area is 148 Å². The SMILES string of the molecule is COc1ccc(NC(=O)c2ccc(S(=O)(=O)NCC(C)C)cc2)cc1. The fourth-order valence-corrected chi connectivity index (χ4v) is 3.24. The number of hydrogen-bond acceptors (Lipinski definition) is 4. The van der Waals surface area contributed by atoms with Gasteiger partial charge >= 0.3 is 0 Å². The molecule has 25 heavy (non-hydrogen) atoms. The third-order valence-electron chi connectivity index (χ3n) is 3.46. The minimum absolute atomic E-state index is 0.133. The molecule has 0 atom stereocenters. The van der Waals surface area contributed by atoms with Gasteiger partial charge < -0.3 is 10.1 Å². The largest absolute Gasteiger partial charge is 0.497 e. The number of anilines is 1. The van der Waals surface area contributed by atoms with E-state index in [0.29, 0.717) is 23.5 Å². The van der Waals surface area contributed by atoms with E-state index in [-0.39, 0.29) is 16.7 Å². The van der Waals surface area contributed by atoms with Gasteiger partial charge in [0.1, 0.15) is 5.75 Å². The topological polar surface area (TPSA) is 84.5 Å². The molecule has 2 N–H and O–H groups in total. The lowest BCUT2D eigenvalue weighted by Crippen LogP contribution is -2.27. The molecule has 0 aliphatic rings. The van der Waals surface area contributed by atoms with Crippen LogP contribution in [-0.2, 0) is 10.0 Å². The van der Waals surface area contributed by atoms with Crippen LogP contribution in [0.2, 0.25) is 0 Å². The van der Waals surface area contributed by atoms with Gasteiger partial charge in [0.25, 0.3) is 5.91 Å². The van der Waals surface area contributed by atoms with Crippen LogP contribution < -0.4 is 14.8 Å². The molecule has 0 saturated heterocycles. The van der Waals surface area contributed by atoms with E-state index >= 15 is 0 Å². The van der Waals surface area contributed by atoms with Crippen molar-refractivity contribution in [2.75, 3.05) is 19.0 Å². The average molecular weight is 362 g/mol. The smallest absolute Gasteiger partial charge is 0.255 e. The van der Waals surface area contributed by atoms with Gasteiger partial charge in [-0.1, -0.05) is 13.8 Å². The summed E-state index contributed by atoms with van der Waals surface area (Å²) in [6, 6.07) is 12.8. The first-order valence-corrected chi connectivity index (χ1v) is 9.35. The first-order valence-electron chi connectivity index (χ1n) is 7.87. The molecule has 1 amide bonds. The normalized spacial score (nSPS) is 11.4. The molecule has 0 aliphatic heterocycles. The summed E-state index contributed by atoms with van der Waals surface area (Å²) in [5.74, 6) is 0.593. The number of carbonyl (C=O) groups is 1. The van der Waals surface area contributed by atoms with Crippen molar-refractivity contribution in [1.82, 2.24) is 4.72 Å². The molecule has 6 nitrogen and oxygen atoms in total. The van der Waals surface area contributed by atoms with Crippen LogP contribution in [0.25, 0.3) is 0 Å². The van der Waals surface area contributed by atoms with Crippen LogP contribution >= 0.6 is 0 Å². The number of benzene rings is 2. The van der Waals surface area contributed by atoms with E-state index in [1.165, 1.54) is 24.3 Å². The molecule has 0 aliphatic carbocycles. The zero-order valence-corrected chi connectivity index (χ0v) is 15.3. The summed E-state index contributed by atoms with van der Waals surface area (Å²) in [6.45, 7) is 4.21. The first kappa shape index (κ1) is 19.0. The first-order chi connectivity index (χ1) is 11.8. The maximum atomic E-state index is 12.2. The van der Waals surface area contributed by atoms with Gasteiger partial charge in [0.15, 0.2) is 0 Å². The standard InChI is InChI=1S/C18H22N2O4S/c1-13(2)12-19-25(22,23)17-10-4-14(5-11-17)18(21)20-15-6-8-16(24-3)9-7-15/h4-11,13,19H,12H2,1-3H3,(H,20,21). The Morgan fingerprint density at radius 3 is 2.16 bits per heavy atom. The molecule has 0 fully saturated rings. The predicted octanol–water partition coefficient (Wildman–Crippen LogP) is 2.88. The van der Waals surface area contributed by atoms with Crippen LogP contribution in [0.15, 0.2) is 53.4 Å². The Morgan fingerprint density at radius 2 is 1.64 bits per heavy atom. The number of rotatable bonds is 7. The number of methoxy groups -OCH3 is 1. The highest BCUT2D eigenvalue weighted by atomic mass is 32.2. The summed E-state index contributed by atoms with van der Waals surface area (Å²) in [5, 5.41) is 2.75. The lowest BCUT2D eigenvalue weighted by atomic mass is 10.2. The second-order valence-corrected chi connectivity index (χ2v) is 7.72. The Morgan fingerprint density at radius 1 is 1.04 bits per heavy atom. The van der Waals surface area contributed by atoms with Crippen LogP contribution in [0.4, 0.5) is 5.69 Å². The zero-order valence-electron chi connectivity index (χ0n) is 14.4. The number of hydrogen-bond donors (Lipinski definition) is 2. The number of carbonyl (C=O) groups excluding carboxylic acids is 1. The second-order valence-electron chi connectivity index (χ2n) is 5.95. The van der Waals surface area contributed by atoms with Crippen LogP contribution in [0.1, 0.15) is 24.2 Å². The lowest BCUT2D eigenvalue weighted by molar-refractivity contribution is 0.102. The van der Waals surface area contributed by atoms with Gasteiger partial charge in [0, 0.05) is 17.8 Å². The fraction of sp³-hybridized carbons (Fsp3) is 0.278. The van der Waals surface area contributed by atoms with Gasteiger partial charge in [-0.2, -0.15) is 0 Å². The predicted molar refractivity (Wildman–Crippen MR) is 97.4 cm³/mol. The van der Waals surface area contributed by atoms with Crippen LogP contribution in [0.5, 0.6) is 5.75 Å². The summed E-state index contributed by atoms with van der Waals surface area (Å²) in [4.78, 5) is 12.4. The molecule has 0 heterocycles. The van der Waals surface area contributed by atoms with Crippen molar-refractivity contribution in [2.24, 2.45) is 5.92 Å². The molecule has 0 radical (unpaired) electrons. The van der Waals surface area contributed by atoms with Gasteiger partial charge in [-0.15, -0.1) is 0 Å². The maximum absolute atomic E-state index is 12.2. The zero-order chi connectivity index (χ0) is 18.4. The lowest BCUT2D eigenvalue weighted by Gasteiger charge is -2.10. The molecule has 7 heteroatoms. The molecule has 0 saturated carbocycles. The average Bonchev–Trinajstić information content (AvgIpc) is 2.61. The second kappa shape index (κ2) is 8.13. The maximum Gasteiger partial charge on any atom is 0.255 e. The highest BCUT2D eigenvalue weighted by Gasteiger charge is 2.15. The molecule has 0 spiro atoms. The molecule has 2 aromatic carbocycles. The van der Waals surface area contributed by atoms with Gasteiger partial charge in [0.05, 0.1) is 12.0 Å². The molecule has 2 aromatic rings. The van der Waals surface area contributed by atoms with E-state index in [2.05, 4.69) is 10.0 Å². The number of ether oxygens (including phenoxy) is 1. The van der Waals surface area contributed by atoms with Gasteiger partial charge in [-0.25, -0.2) is 13.1 Å². The molecule has 0 bridgehead atoms. The van der Waals surface area contributed by atoms with Crippen molar-refractivity contribution in [2.45, 2.75) is 18.7 Å². The highest BCUT2D eigenvalue weighted by molar-refractivity contribution is 7.89. The van der Waals surface area contributed by atoms with Crippen molar-refractivity contribution in [1.29, 1.82) is 0 Å². The molecular weight excluding hydrogens is 340 g/mol. The van der Waals surface area contributed by atoms with Gasteiger partial charge in [-0.05, 0) is 54.4 Å². The number of sulfonamides is 1. The van der Waals surface area contributed by atoms with Crippen molar-refractivity contribution < 1.29 is 17.9 Å². The number of nitrogens with one attached hydrogen (secondary N) is 2. The summed E-state index contributed by atoms with van der Waals surface area (Å²) in [5.41, 5.74) is 1.000. The quantitative estimate of drug-likeness (QED) is 0.793. The molecule has 0 aromatic heterocycles. The Bertz CT molecular complexity index is 813. The van der Waals surface area contributed by atoms with Crippen LogP contribution in [-0.4, -0.2) is 28.0 Å². The van der Waals surface area contributed by atoms with Gasteiger partial charge in [0.2, 0.25) is 10.0 Å². The highest BCUT2D eigenvalue weighted by Crippen LogP contribution is 2.17.